The number of rotatable bonds is 9. The van der Waals surface area contributed by atoms with Crippen molar-refractivity contribution in [2.75, 3.05) is 37.9 Å². The lowest BCUT2D eigenvalue weighted by Crippen LogP contribution is -2.33. The highest BCUT2D eigenvalue weighted by atomic mass is 32.2. The Morgan fingerprint density at radius 2 is 1.92 bits per heavy atom. The summed E-state index contributed by atoms with van der Waals surface area (Å²) in [6, 6.07) is 6.76. The van der Waals surface area contributed by atoms with Crippen molar-refractivity contribution in [1.82, 2.24) is 4.90 Å². The summed E-state index contributed by atoms with van der Waals surface area (Å²) in [6.45, 7) is 2.06. The number of methoxy groups -OCH3 is 1. The molecule has 2 N–H and O–H groups in total. The number of aliphatic hydroxyl groups is 1. The number of hydrogen-bond donors (Lipinski definition) is 2. The molecule has 0 radical (unpaired) electrons. The Bertz CT molecular complexity index is 715. The molecule has 0 saturated heterocycles. The van der Waals surface area contributed by atoms with Crippen LogP contribution in [0.25, 0.3) is 5.57 Å². The molecule has 7 nitrogen and oxygen atoms in total. The molecule has 0 spiro atoms. The zero-order valence-electron chi connectivity index (χ0n) is 14.8. The van der Waals surface area contributed by atoms with Crippen LogP contribution in [0, 0.1) is 0 Å². The van der Waals surface area contributed by atoms with Crippen molar-refractivity contribution >= 4 is 40.7 Å². The smallest absolute Gasteiger partial charge is 0.267 e. The van der Waals surface area contributed by atoms with Crippen LogP contribution < -0.4 is 5.32 Å². The van der Waals surface area contributed by atoms with Gasteiger partial charge in [0.2, 0.25) is 5.91 Å². The second-order valence-corrected chi connectivity index (χ2v) is 6.75. The summed E-state index contributed by atoms with van der Waals surface area (Å²) in [5.74, 6) is -0.551. The van der Waals surface area contributed by atoms with Gasteiger partial charge in [0.15, 0.2) is 0 Å². The average Bonchev–Trinajstić information content (AvgIpc) is 2.84. The Morgan fingerprint density at radius 1 is 1.23 bits per heavy atom. The molecule has 140 valence electrons. The third-order valence-corrected chi connectivity index (χ3v) is 4.74. The van der Waals surface area contributed by atoms with Crippen LogP contribution in [0.5, 0.6) is 0 Å². The van der Waals surface area contributed by atoms with Crippen LogP contribution in [-0.2, 0) is 19.1 Å². The molecule has 1 aromatic carbocycles. The van der Waals surface area contributed by atoms with Gasteiger partial charge < -0.3 is 15.2 Å². The summed E-state index contributed by atoms with van der Waals surface area (Å²) in [5, 5.41) is 11.7. The molecule has 0 aromatic heterocycles. The molecule has 0 aliphatic carbocycles. The normalized spacial score (nSPS) is 14.3. The van der Waals surface area contributed by atoms with E-state index < -0.39 is 0 Å². The molecule has 0 saturated carbocycles. The molecule has 2 rings (SSSR count). The Kier molecular flexibility index (Phi) is 7.38. The van der Waals surface area contributed by atoms with Crippen LogP contribution in [0.2, 0.25) is 0 Å². The van der Waals surface area contributed by atoms with Gasteiger partial charge in [0, 0.05) is 38.6 Å². The Hall–Kier alpha value is -2.16. The monoisotopic (exact) mass is 378 g/mol. The van der Waals surface area contributed by atoms with Gasteiger partial charge in [0.1, 0.15) is 0 Å². The van der Waals surface area contributed by atoms with E-state index in [2.05, 4.69) is 5.32 Å². The fourth-order valence-electron chi connectivity index (χ4n) is 2.58. The second-order valence-electron chi connectivity index (χ2n) is 5.64. The molecule has 0 unspecified atom stereocenters. The van der Waals surface area contributed by atoms with E-state index in [0.29, 0.717) is 40.5 Å². The molecular weight excluding hydrogens is 356 g/mol. The number of hydrogen-bond acceptors (Lipinski definition) is 6. The minimum atomic E-state index is -0.348. The van der Waals surface area contributed by atoms with E-state index in [4.69, 9.17) is 9.84 Å². The summed E-state index contributed by atoms with van der Waals surface area (Å²) in [5.41, 5.74) is 1.55. The maximum Gasteiger partial charge on any atom is 0.267 e. The number of thioether (sulfide) groups is 1. The van der Waals surface area contributed by atoms with E-state index >= 15 is 0 Å². The molecule has 3 amide bonds. The first-order valence-corrected chi connectivity index (χ1v) is 9.19. The van der Waals surface area contributed by atoms with Crippen molar-refractivity contribution in [2.24, 2.45) is 0 Å². The van der Waals surface area contributed by atoms with E-state index in [9.17, 15) is 14.4 Å². The van der Waals surface area contributed by atoms with E-state index in [1.165, 1.54) is 23.6 Å². The van der Waals surface area contributed by atoms with E-state index in [1.807, 2.05) is 0 Å². The molecule has 1 aliphatic rings. The second kappa shape index (κ2) is 9.51. The van der Waals surface area contributed by atoms with Crippen molar-refractivity contribution < 1.29 is 24.2 Å². The highest BCUT2D eigenvalue weighted by Gasteiger charge is 2.38. The molecule has 0 fully saturated rings. The topological polar surface area (TPSA) is 95.9 Å². The summed E-state index contributed by atoms with van der Waals surface area (Å²) >= 11 is 1.17. The van der Waals surface area contributed by atoms with Crippen LogP contribution in [0.1, 0.15) is 18.9 Å². The summed E-state index contributed by atoms with van der Waals surface area (Å²) in [4.78, 5) is 38.2. The number of nitrogens with zero attached hydrogens (tertiary/aromatic N) is 1. The van der Waals surface area contributed by atoms with Crippen molar-refractivity contribution in [3.05, 3.63) is 34.7 Å². The van der Waals surface area contributed by atoms with Crippen LogP contribution in [0.3, 0.4) is 0 Å². The van der Waals surface area contributed by atoms with Gasteiger partial charge in [-0.05, 0) is 24.1 Å². The largest absolute Gasteiger partial charge is 0.396 e. The lowest BCUT2D eigenvalue weighted by atomic mass is 10.1. The molecule has 1 aliphatic heterocycles. The first kappa shape index (κ1) is 20.2. The molecular formula is C18H22N2O5S. The van der Waals surface area contributed by atoms with Gasteiger partial charge in [-0.3, -0.25) is 19.3 Å². The van der Waals surface area contributed by atoms with Gasteiger partial charge in [-0.15, -0.1) is 11.8 Å². The molecule has 1 aromatic rings. The number of anilines is 1. The number of ether oxygens (including phenoxy) is 1. The van der Waals surface area contributed by atoms with E-state index in [0.717, 1.165) is 0 Å². The lowest BCUT2D eigenvalue weighted by molar-refractivity contribution is -0.136. The number of benzene rings is 1. The van der Waals surface area contributed by atoms with Crippen LogP contribution in [-0.4, -0.2) is 60.3 Å². The van der Waals surface area contributed by atoms with Crippen molar-refractivity contribution in [1.29, 1.82) is 0 Å². The quantitative estimate of drug-likeness (QED) is 0.499. The number of amides is 3. The van der Waals surface area contributed by atoms with Crippen LogP contribution >= 0.6 is 11.8 Å². The fourth-order valence-corrected chi connectivity index (χ4v) is 3.46. The maximum atomic E-state index is 12.8. The highest BCUT2D eigenvalue weighted by Crippen LogP contribution is 2.36. The first-order chi connectivity index (χ1) is 12.5. The molecule has 8 heteroatoms. The van der Waals surface area contributed by atoms with Crippen molar-refractivity contribution in [3.8, 4) is 0 Å². The number of carbonyl (C=O) groups is 3. The van der Waals surface area contributed by atoms with Gasteiger partial charge in [-0.2, -0.15) is 0 Å². The Morgan fingerprint density at radius 3 is 2.50 bits per heavy atom. The lowest BCUT2D eigenvalue weighted by Gasteiger charge is -2.14. The van der Waals surface area contributed by atoms with Crippen molar-refractivity contribution in [3.63, 3.8) is 0 Å². The molecule has 1 heterocycles. The predicted octanol–water partition coefficient (Wildman–Crippen LogP) is 1.49. The van der Waals surface area contributed by atoms with Gasteiger partial charge in [-0.25, -0.2) is 0 Å². The molecule has 26 heavy (non-hydrogen) atoms. The predicted molar refractivity (Wildman–Crippen MR) is 100 cm³/mol. The number of imide groups is 1. The standard InChI is InChI=1S/C18H22N2O5S/c1-12(22)19-14-6-4-13(5-7-14)15-16(26-11-9-21)18(24)20(17(15)23)8-3-10-25-2/h4-7,21H,3,8-11H2,1-2H3,(H,19,22). The Labute approximate surface area is 156 Å². The number of carbonyl (C=O) groups excluding carboxylic acids is 3. The minimum absolute atomic E-state index is 0.0892. The summed E-state index contributed by atoms with van der Waals surface area (Å²) in [6.07, 6.45) is 0.556. The molecule has 0 bridgehead atoms. The van der Waals surface area contributed by atoms with Gasteiger partial charge >= 0.3 is 0 Å². The van der Waals surface area contributed by atoms with Gasteiger partial charge in [0.25, 0.3) is 11.8 Å². The van der Waals surface area contributed by atoms with Gasteiger partial charge in [0.05, 0.1) is 17.1 Å². The van der Waals surface area contributed by atoms with Crippen LogP contribution in [0.15, 0.2) is 29.2 Å². The maximum absolute atomic E-state index is 12.8. The molecule has 0 atom stereocenters. The first-order valence-electron chi connectivity index (χ1n) is 8.20. The average molecular weight is 378 g/mol. The van der Waals surface area contributed by atoms with Crippen molar-refractivity contribution in [2.45, 2.75) is 13.3 Å². The number of aliphatic hydroxyl groups excluding tert-OH is 1. The third kappa shape index (κ3) is 4.72. The zero-order chi connectivity index (χ0) is 19.1. The minimum Gasteiger partial charge on any atom is -0.396 e. The zero-order valence-corrected chi connectivity index (χ0v) is 15.6. The van der Waals surface area contributed by atoms with E-state index in [-0.39, 0.29) is 30.9 Å². The number of nitrogens with one attached hydrogen (secondary N) is 1. The fraction of sp³-hybridized carbons (Fsp3) is 0.389. The SMILES string of the molecule is COCCCN1C(=O)C(SCCO)=C(c2ccc(NC(C)=O)cc2)C1=O. The van der Waals surface area contributed by atoms with Gasteiger partial charge in [-0.1, -0.05) is 12.1 Å². The van der Waals surface area contributed by atoms with Crippen LogP contribution in [0.4, 0.5) is 5.69 Å². The highest BCUT2D eigenvalue weighted by molar-refractivity contribution is 8.04. The summed E-state index contributed by atoms with van der Waals surface area (Å²) in [7, 11) is 1.57. The van der Waals surface area contributed by atoms with E-state index in [1.54, 1.807) is 31.4 Å². The summed E-state index contributed by atoms with van der Waals surface area (Å²) < 4.78 is 4.98. The Balaban J connectivity index is 2.30. The third-order valence-electron chi connectivity index (χ3n) is 3.69.